The molecule has 1 rings (SSSR count). The molecule has 0 aliphatic carbocycles. The molecular weight excluding hydrogens is 256 g/mol. The van der Waals surface area contributed by atoms with Gasteiger partial charge in [-0.1, -0.05) is 30.3 Å². The second-order valence-corrected chi connectivity index (χ2v) is 5.54. The van der Waals surface area contributed by atoms with Crippen molar-refractivity contribution < 1.29 is 4.79 Å². The van der Waals surface area contributed by atoms with E-state index in [4.69, 9.17) is 0 Å². The molecule has 0 radical (unpaired) electrons. The first-order chi connectivity index (χ1) is 9.10. The molecule has 1 aromatic rings. The van der Waals surface area contributed by atoms with Crippen LogP contribution in [0.5, 0.6) is 0 Å². The van der Waals surface area contributed by atoms with Crippen LogP contribution in [-0.2, 0) is 11.2 Å². The quantitative estimate of drug-likeness (QED) is 0.802. The summed E-state index contributed by atoms with van der Waals surface area (Å²) in [5.74, 6) is 0.191. The highest BCUT2D eigenvalue weighted by Gasteiger charge is 2.24. The number of hydrogen-bond acceptors (Lipinski definition) is 3. The molecule has 1 amide bonds. The Morgan fingerprint density at radius 2 is 2.05 bits per heavy atom. The van der Waals surface area contributed by atoms with E-state index >= 15 is 0 Å². The first-order valence-corrected chi connectivity index (χ1v) is 7.68. The van der Waals surface area contributed by atoms with Crippen LogP contribution in [-0.4, -0.2) is 35.9 Å². The van der Waals surface area contributed by atoms with E-state index in [1.165, 1.54) is 0 Å². The molecule has 0 N–H and O–H groups in total. The first kappa shape index (κ1) is 15.6. The van der Waals surface area contributed by atoms with Gasteiger partial charge in [0.05, 0.1) is 6.07 Å². The third kappa shape index (κ3) is 4.60. The van der Waals surface area contributed by atoms with E-state index in [0.717, 1.165) is 11.3 Å². The van der Waals surface area contributed by atoms with Gasteiger partial charge in [0, 0.05) is 18.8 Å². The monoisotopic (exact) mass is 276 g/mol. The summed E-state index contributed by atoms with van der Waals surface area (Å²) in [4.78, 5) is 14.0. The van der Waals surface area contributed by atoms with Crippen LogP contribution in [0.25, 0.3) is 0 Å². The molecule has 19 heavy (non-hydrogen) atoms. The number of carbonyl (C=O) groups excluding carboxylic acids is 1. The van der Waals surface area contributed by atoms with Crippen LogP contribution in [0.15, 0.2) is 30.3 Å². The lowest BCUT2D eigenvalue weighted by Gasteiger charge is -2.26. The zero-order valence-corrected chi connectivity index (χ0v) is 12.5. The predicted octanol–water partition coefficient (Wildman–Crippen LogP) is 2.58. The van der Waals surface area contributed by atoms with E-state index in [0.29, 0.717) is 6.42 Å². The summed E-state index contributed by atoms with van der Waals surface area (Å²) < 4.78 is 0. The Kier molecular flexibility index (Phi) is 6.44. The Labute approximate surface area is 119 Å². The fourth-order valence-electron chi connectivity index (χ4n) is 1.85. The normalized spacial score (nSPS) is 13.4. The van der Waals surface area contributed by atoms with Gasteiger partial charge in [-0.15, -0.1) is 0 Å². The molecule has 0 heterocycles. The molecule has 1 aromatic carbocycles. The first-order valence-electron chi connectivity index (χ1n) is 6.29. The number of nitriles is 1. The summed E-state index contributed by atoms with van der Waals surface area (Å²) >= 11 is 1.70. The second-order valence-electron chi connectivity index (χ2n) is 4.62. The zero-order chi connectivity index (χ0) is 14.3. The van der Waals surface area contributed by atoms with Crippen LogP contribution in [0.4, 0.5) is 0 Å². The third-order valence-corrected chi connectivity index (χ3v) is 3.97. The molecule has 3 nitrogen and oxygen atoms in total. The van der Waals surface area contributed by atoms with Crippen LogP contribution in [0, 0.1) is 17.2 Å². The van der Waals surface area contributed by atoms with Crippen molar-refractivity contribution in [3.05, 3.63) is 35.9 Å². The molecule has 0 fully saturated rings. The van der Waals surface area contributed by atoms with E-state index in [1.54, 1.807) is 23.7 Å². The molecule has 0 saturated heterocycles. The van der Waals surface area contributed by atoms with Gasteiger partial charge in [-0.25, -0.2) is 0 Å². The van der Waals surface area contributed by atoms with Crippen LogP contribution in [0.2, 0.25) is 0 Å². The van der Waals surface area contributed by atoms with E-state index in [2.05, 4.69) is 6.07 Å². The fraction of sp³-hybridized carbons (Fsp3) is 0.467. The smallest absolute Gasteiger partial charge is 0.240 e. The number of benzene rings is 1. The lowest BCUT2D eigenvalue weighted by atomic mass is 9.99. The SMILES string of the molecule is CSCC(C)N(C)C(=O)C(C#N)Cc1ccccc1. The van der Waals surface area contributed by atoms with Crippen molar-refractivity contribution in [3.8, 4) is 6.07 Å². The van der Waals surface area contributed by atoms with Crippen molar-refractivity contribution in [1.29, 1.82) is 5.26 Å². The van der Waals surface area contributed by atoms with Gasteiger partial charge in [-0.05, 0) is 25.2 Å². The topological polar surface area (TPSA) is 44.1 Å². The lowest BCUT2D eigenvalue weighted by Crippen LogP contribution is -2.40. The third-order valence-electron chi connectivity index (χ3n) is 3.15. The molecule has 0 aliphatic rings. The molecule has 2 atom stereocenters. The maximum Gasteiger partial charge on any atom is 0.240 e. The summed E-state index contributed by atoms with van der Waals surface area (Å²) in [6, 6.07) is 12.0. The summed E-state index contributed by atoms with van der Waals surface area (Å²) in [6.07, 6.45) is 2.49. The maximum absolute atomic E-state index is 12.3. The highest BCUT2D eigenvalue weighted by molar-refractivity contribution is 7.98. The van der Waals surface area contributed by atoms with Crippen molar-refractivity contribution in [3.63, 3.8) is 0 Å². The predicted molar refractivity (Wildman–Crippen MR) is 79.9 cm³/mol. The number of amides is 1. The van der Waals surface area contributed by atoms with Gasteiger partial charge in [0.2, 0.25) is 5.91 Å². The molecule has 4 heteroatoms. The zero-order valence-electron chi connectivity index (χ0n) is 11.7. The molecular formula is C15H20N2OS. The van der Waals surface area contributed by atoms with Gasteiger partial charge < -0.3 is 4.90 Å². The van der Waals surface area contributed by atoms with Gasteiger partial charge in [-0.3, -0.25) is 4.79 Å². The van der Waals surface area contributed by atoms with Gasteiger partial charge in [0.25, 0.3) is 0 Å². The minimum absolute atomic E-state index is 0.0899. The van der Waals surface area contributed by atoms with Crippen molar-refractivity contribution in [2.45, 2.75) is 19.4 Å². The van der Waals surface area contributed by atoms with E-state index < -0.39 is 5.92 Å². The van der Waals surface area contributed by atoms with E-state index in [-0.39, 0.29) is 11.9 Å². The largest absolute Gasteiger partial charge is 0.341 e. The summed E-state index contributed by atoms with van der Waals surface area (Å²) in [6.45, 7) is 2.01. The van der Waals surface area contributed by atoms with Gasteiger partial charge in [0.15, 0.2) is 0 Å². The summed E-state index contributed by atoms with van der Waals surface area (Å²) in [5, 5.41) is 9.22. The average molecular weight is 276 g/mol. The highest BCUT2D eigenvalue weighted by Crippen LogP contribution is 2.13. The van der Waals surface area contributed by atoms with Crippen LogP contribution in [0.3, 0.4) is 0 Å². The molecule has 0 aliphatic heterocycles. The number of thioether (sulfide) groups is 1. The average Bonchev–Trinajstić information content (AvgIpc) is 2.44. The number of rotatable bonds is 6. The van der Waals surface area contributed by atoms with Crippen molar-refractivity contribution in [2.75, 3.05) is 19.1 Å². The Hall–Kier alpha value is -1.47. The standard InChI is InChI=1S/C15H20N2OS/c1-12(11-19-3)17(2)15(18)14(10-16)9-13-7-5-4-6-8-13/h4-8,12,14H,9,11H2,1-3H3. The highest BCUT2D eigenvalue weighted by atomic mass is 32.2. The molecule has 0 spiro atoms. The number of carbonyl (C=O) groups is 1. The van der Waals surface area contributed by atoms with E-state index in [9.17, 15) is 10.1 Å². The lowest BCUT2D eigenvalue weighted by molar-refractivity contribution is -0.133. The second kappa shape index (κ2) is 7.85. The van der Waals surface area contributed by atoms with Gasteiger partial charge >= 0.3 is 0 Å². The van der Waals surface area contributed by atoms with Crippen molar-refractivity contribution in [1.82, 2.24) is 4.90 Å². The Balaban J connectivity index is 2.70. The molecule has 2 unspecified atom stereocenters. The number of nitrogens with zero attached hydrogens (tertiary/aromatic N) is 2. The minimum atomic E-state index is -0.600. The molecule has 102 valence electrons. The minimum Gasteiger partial charge on any atom is -0.341 e. The maximum atomic E-state index is 12.3. The molecule has 0 aromatic heterocycles. The fourth-order valence-corrected chi connectivity index (χ4v) is 2.56. The van der Waals surface area contributed by atoms with E-state index in [1.807, 2.05) is 43.5 Å². The van der Waals surface area contributed by atoms with Gasteiger partial charge in [-0.2, -0.15) is 17.0 Å². The summed E-state index contributed by atoms with van der Waals surface area (Å²) in [5.41, 5.74) is 1.02. The number of hydrogen-bond donors (Lipinski definition) is 0. The van der Waals surface area contributed by atoms with Gasteiger partial charge in [0.1, 0.15) is 5.92 Å². The Morgan fingerprint density at radius 3 is 2.58 bits per heavy atom. The Bertz CT molecular complexity index is 441. The Morgan fingerprint density at radius 1 is 1.42 bits per heavy atom. The van der Waals surface area contributed by atoms with Crippen LogP contribution in [0.1, 0.15) is 12.5 Å². The van der Waals surface area contributed by atoms with Crippen LogP contribution >= 0.6 is 11.8 Å². The van der Waals surface area contributed by atoms with Crippen molar-refractivity contribution >= 4 is 17.7 Å². The molecule has 0 saturated carbocycles. The van der Waals surface area contributed by atoms with Crippen molar-refractivity contribution in [2.24, 2.45) is 5.92 Å². The molecule has 0 bridgehead atoms. The van der Waals surface area contributed by atoms with Crippen LogP contribution < -0.4 is 0 Å². The summed E-state index contributed by atoms with van der Waals surface area (Å²) in [7, 11) is 1.78.